The highest BCUT2D eigenvalue weighted by Crippen LogP contribution is 1.87. The van der Waals surface area contributed by atoms with Crippen molar-refractivity contribution in [3.05, 3.63) is 24.5 Å². The molecule has 0 fully saturated rings. The van der Waals surface area contributed by atoms with E-state index in [0.717, 1.165) is 0 Å². The van der Waals surface area contributed by atoms with Crippen LogP contribution in [-0.4, -0.2) is 4.09 Å². The van der Waals surface area contributed by atoms with Gasteiger partial charge in [0.2, 0.25) is 0 Å². The smallest absolute Gasteiger partial charge is 0.0825 e. The Labute approximate surface area is 41.3 Å². The SMILES string of the molecule is Cln1[c]ccc1. The summed E-state index contributed by atoms with van der Waals surface area (Å²) in [6.45, 7) is 0. The van der Waals surface area contributed by atoms with Gasteiger partial charge < -0.3 is 0 Å². The number of rotatable bonds is 0. The highest BCUT2D eigenvalue weighted by atomic mass is 35.5. The molecule has 1 rings (SSSR count). The molecular weight excluding hydrogens is 97.5 g/mol. The van der Waals surface area contributed by atoms with Gasteiger partial charge in [-0.1, -0.05) is 0 Å². The Balaban J connectivity index is 3.05. The maximum Gasteiger partial charge on any atom is 0.0825 e. The zero-order chi connectivity index (χ0) is 4.41. The molecule has 6 heavy (non-hydrogen) atoms. The van der Waals surface area contributed by atoms with Gasteiger partial charge in [0, 0.05) is 18.0 Å². The van der Waals surface area contributed by atoms with E-state index in [1.165, 1.54) is 4.09 Å². The molecule has 1 heterocycles. The van der Waals surface area contributed by atoms with Crippen LogP contribution >= 0.6 is 11.8 Å². The van der Waals surface area contributed by atoms with Gasteiger partial charge in [-0.2, -0.15) is 0 Å². The normalized spacial score (nSPS) is 8.83. The predicted molar refractivity (Wildman–Crippen MR) is 24.5 cm³/mol. The molecule has 1 aromatic heterocycles. The zero-order valence-electron chi connectivity index (χ0n) is 3.06. The fourth-order valence-corrected chi connectivity index (χ4v) is 0.397. The van der Waals surface area contributed by atoms with E-state index in [0.29, 0.717) is 0 Å². The van der Waals surface area contributed by atoms with Crippen molar-refractivity contribution in [1.82, 2.24) is 4.09 Å². The van der Waals surface area contributed by atoms with Crippen molar-refractivity contribution >= 4 is 11.8 Å². The highest BCUT2D eigenvalue weighted by molar-refractivity contribution is 6.15. The van der Waals surface area contributed by atoms with Crippen LogP contribution in [0.1, 0.15) is 0 Å². The number of aromatic nitrogens is 1. The van der Waals surface area contributed by atoms with Gasteiger partial charge in [-0.05, 0) is 12.1 Å². The molecule has 1 radical (unpaired) electrons. The van der Waals surface area contributed by atoms with Crippen molar-refractivity contribution in [2.24, 2.45) is 0 Å². The van der Waals surface area contributed by atoms with Crippen LogP contribution in [0, 0.1) is 6.20 Å². The Bertz CT molecular complexity index is 111. The van der Waals surface area contributed by atoms with Crippen molar-refractivity contribution < 1.29 is 0 Å². The van der Waals surface area contributed by atoms with E-state index in [-0.39, 0.29) is 0 Å². The molecule has 0 unspecified atom stereocenters. The summed E-state index contributed by atoms with van der Waals surface area (Å²) in [5.41, 5.74) is 0. The molecule has 0 saturated heterocycles. The van der Waals surface area contributed by atoms with E-state index >= 15 is 0 Å². The van der Waals surface area contributed by atoms with Crippen LogP contribution in [0.2, 0.25) is 0 Å². The van der Waals surface area contributed by atoms with Crippen LogP contribution in [0.5, 0.6) is 0 Å². The summed E-state index contributed by atoms with van der Waals surface area (Å²) in [5.74, 6) is 0. The zero-order valence-corrected chi connectivity index (χ0v) is 3.81. The first kappa shape index (κ1) is 3.75. The van der Waals surface area contributed by atoms with Gasteiger partial charge in [0.15, 0.2) is 0 Å². The van der Waals surface area contributed by atoms with Crippen LogP contribution in [0.4, 0.5) is 0 Å². The second-order valence-electron chi connectivity index (χ2n) is 0.948. The van der Waals surface area contributed by atoms with E-state index in [4.69, 9.17) is 11.8 Å². The van der Waals surface area contributed by atoms with Gasteiger partial charge in [0.25, 0.3) is 0 Å². The van der Waals surface area contributed by atoms with Gasteiger partial charge in [-0.3, -0.25) is 4.09 Å². The number of hydrogen-bond acceptors (Lipinski definition) is 0. The third-order valence-corrected chi connectivity index (χ3v) is 0.721. The van der Waals surface area contributed by atoms with Crippen molar-refractivity contribution in [2.75, 3.05) is 0 Å². The molecule has 0 aliphatic rings. The van der Waals surface area contributed by atoms with Gasteiger partial charge in [0.05, 0.1) is 6.20 Å². The van der Waals surface area contributed by atoms with E-state index < -0.39 is 0 Å². The summed E-state index contributed by atoms with van der Waals surface area (Å²) in [6, 6.07) is 3.56. The predicted octanol–water partition coefficient (Wildman–Crippen LogP) is 1.29. The Morgan fingerprint density at radius 2 is 2.50 bits per heavy atom. The third kappa shape index (κ3) is 0.546. The first-order valence-corrected chi connectivity index (χ1v) is 1.94. The molecule has 0 aliphatic heterocycles. The van der Waals surface area contributed by atoms with E-state index in [1.807, 2.05) is 6.07 Å². The van der Waals surface area contributed by atoms with Crippen molar-refractivity contribution in [3.63, 3.8) is 0 Å². The molecule has 1 nitrogen and oxygen atoms in total. The van der Waals surface area contributed by atoms with Crippen molar-refractivity contribution in [1.29, 1.82) is 0 Å². The average molecular weight is 101 g/mol. The summed E-state index contributed by atoms with van der Waals surface area (Å²) < 4.78 is 1.35. The summed E-state index contributed by atoms with van der Waals surface area (Å²) >= 11 is 5.32. The van der Waals surface area contributed by atoms with Gasteiger partial charge >= 0.3 is 0 Å². The maximum absolute atomic E-state index is 5.32. The van der Waals surface area contributed by atoms with E-state index in [2.05, 4.69) is 6.20 Å². The second kappa shape index (κ2) is 1.35. The first-order valence-electron chi connectivity index (χ1n) is 1.61. The summed E-state index contributed by atoms with van der Waals surface area (Å²) in [4.78, 5) is 0. The largest absolute Gasteiger partial charge is 0.259 e. The highest BCUT2D eigenvalue weighted by Gasteiger charge is 1.72. The quantitative estimate of drug-likeness (QED) is 0.463. The molecule has 31 valence electrons. The molecule has 0 saturated carbocycles. The molecule has 0 amide bonds. The Kier molecular flexibility index (Phi) is 0.843. The van der Waals surface area contributed by atoms with Gasteiger partial charge in [0.1, 0.15) is 0 Å². The Morgan fingerprint density at radius 1 is 1.67 bits per heavy atom. The Morgan fingerprint density at radius 3 is 2.67 bits per heavy atom. The number of hydrogen-bond donors (Lipinski definition) is 0. The fourth-order valence-electron chi connectivity index (χ4n) is 0.276. The van der Waals surface area contributed by atoms with Crippen molar-refractivity contribution in [2.45, 2.75) is 0 Å². The van der Waals surface area contributed by atoms with Crippen LogP contribution in [0.25, 0.3) is 0 Å². The minimum atomic E-state index is 1.35. The lowest BCUT2D eigenvalue weighted by Crippen LogP contribution is -1.64. The molecule has 0 atom stereocenters. The molecular formula is C4H3ClN. The van der Waals surface area contributed by atoms with Gasteiger partial charge in [-0.25, -0.2) is 0 Å². The molecule has 0 aliphatic carbocycles. The van der Waals surface area contributed by atoms with Crippen molar-refractivity contribution in [3.8, 4) is 0 Å². The van der Waals surface area contributed by atoms with E-state index in [9.17, 15) is 0 Å². The van der Waals surface area contributed by atoms with Crippen LogP contribution < -0.4 is 0 Å². The van der Waals surface area contributed by atoms with Crippen LogP contribution in [0.15, 0.2) is 18.3 Å². The Hall–Kier alpha value is -0.430. The van der Waals surface area contributed by atoms with Crippen LogP contribution in [0.3, 0.4) is 0 Å². The second-order valence-corrected chi connectivity index (χ2v) is 1.31. The summed E-state index contributed by atoms with van der Waals surface area (Å²) in [6.07, 6.45) is 4.39. The lowest BCUT2D eigenvalue weighted by Gasteiger charge is -1.72. The lowest BCUT2D eigenvalue weighted by atomic mass is 10.7. The molecule has 0 N–H and O–H groups in total. The molecule has 1 aromatic rings. The summed E-state index contributed by atoms with van der Waals surface area (Å²) in [7, 11) is 0. The molecule has 0 bridgehead atoms. The fraction of sp³-hybridized carbons (Fsp3) is 0. The third-order valence-electron chi connectivity index (χ3n) is 0.511. The molecule has 0 spiro atoms. The average Bonchev–Trinajstić information content (AvgIpc) is 1.86. The minimum absolute atomic E-state index is 1.35. The topological polar surface area (TPSA) is 4.93 Å². The number of halogens is 1. The number of nitrogens with zero attached hydrogens (tertiary/aromatic N) is 1. The van der Waals surface area contributed by atoms with Gasteiger partial charge in [-0.15, -0.1) is 0 Å². The summed E-state index contributed by atoms with van der Waals surface area (Å²) in [5, 5.41) is 0. The molecule has 2 heteroatoms. The molecule has 0 aromatic carbocycles. The first-order chi connectivity index (χ1) is 2.89. The van der Waals surface area contributed by atoms with E-state index in [1.54, 1.807) is 12.3 Å². The monoisotopic (exact) mass is 100.0 g/mol. The minimum Gasteiger partial charge on any atom is -0.259 e. The maximum atomic E-state index is 5.32. The lowest BCUT2D eigenvalue weighted by molar-refractivity contribution is 1.25. The van der Waals surface area contributed by atoms with Crippen LogP contribution in [-0.2, 0) is 0 Å². The standard InChI is InChI=1S/C4H3ClN/c5-6-3-1-2-4-6/h1-3H.